The number of aromatic nitrogens is 1. The van der Waals surface area contributed by atoms with E-state index in [1.54, 1.807) is 22.6 Å². The molecule has 4 nitrogen and oxygen atoms in total. The molecule has 8 heteroatoms. The number of hydrogen-bond acceptors (Lipinski definition) is 4. The first-order valence-electron chi connectivity index (χ1n) is 4.12. The number of halogens is 4. The van der Waals surface area contributed by atoms with E-state index in [-0.39, 0.29) is 15.8 Å². The lowest BCUT2D eigenvalue weighted by Gasteiger charge is -2.12. The van der Waals surface area contributed by atoms with Crippen molar-refractivity contribution in [3.05, 3.63) is 20.9 Å². The molecule has 0 aromatic carbocycles. The van der Waals surface area contributed by atoms with Gasteiger partial charge in [-0.15, -0.1) is 13.2 Å². The van der Waals surface area contributed by atoms with Crippen LogP contribution in [0, 0.1) is 3.70 Å². The average molecular weight is 348 g/mol. The Morgan fingerprint density at radius 2 is 2.12 bits per heavy atom. The molecule has 0 saturated carbocycles. The lowest BCUT2D eigenvalue weighted by molar-refractivity contribution is -0.276. The second-order valence-corrected chi connectivity index (χ2v) is 3.82. The van der Waals surface area contributed by atoms with Crippen molar-refractivity contribution in [2.45, 2.75) is 19.5 Å². The Kier molecular flexibility index (Phi) is 4.33. The molecule has 0 aliphatic heterocycles. The van der Waals surface area contributed by atoms with Crippen LogP contribution in [0.3, 0.4) is 0 Å². The van der Waals surface area contributed by atoms with Crippen LogP contribution >= 0.6 is 22.6 Å². The molecular formula is C8H8F3IN2O2. The molecule has 0 aliphatic carbocycles. The number of nitrogens with zero attached hydrogens (tertiary/aromatic N) is 1. The zero-order chi connectivity index (χ0) is 12.3. The fourth-order valence-electron chi connectivity index (χ4n) is 1.09. The zero-order valence-electron chi connectivity index (χ0n) is 7.88. The summed E-state index contributed by atoms with van der Waals surface area (Å²) in [6.45, 7) is -0.327. The second kappa shape index (κ2) is 5.15. The largest absolute Gasteiger partial charge is 0.574 e. The molecule has 1 heterocycles. The molecule has 16 heavy (non-hydrogen) atoms. The molecule has 1 aromatic rings. The van der Waals surface area contributed by atoms with E-state index in [0.29, 0.717) is 5.56 Å². The van der Waals surface area contributed by atoms with Crippen LogP contribution in [0.1, 0.15) is 11.1 Å². The van der Waals surface area contributed by atoms with E-state index in [1.165, 1.54) is 0 Å². The number of ether oxygens (including phenoxy) is 1. The molecule has 0 radical (unpaired) electrons. The van der Waals surface area contributed by atoms with E-state index in [2.05, 4.69) is 9.72 Å². The first-order valence-corrected chi connectivity index (χ1v) is 5.20. The van der Waals surface area contributed by atoms with Crippen LogP contribution in [0.4, 0.5) is 13.2 Å². The van der Waals surface area contributed by atoms with Gasteiger partial charge in [0.2, 0.25) is 5.88 Å². The van der Waals surface area contributed by atoms with Crippen molar-refractivity contribution in [2.24, 2.45) is 5.73 Å². The van der Waals surface area contributed by atoms with Crippen LogP contribution in [0.2, 0.25) is 0 Å². The van der Waals surface area contributed by atoms with Gasteiger partial charge in [-0.1, -0.05) is 0 Å². The highest BCUT2D eigenvalue weighted by Crippen LogP contribution is 2.25. The molecule has 1 aromatic heterocycles. The fourth-order valence-corrected chi connectivity index (χ4v) is 1.90. The standard InChI is InChI=1S/C8H8F3IN2O2/c9-8(10,11)16-6-1-4(3-15)5(2-13)7(12)14-6/h1,15H,2-3,13H2. The summed E-state index contributed by atoms with van der Waals surface area (Å²) in [6.07, 6.45) is -4.80. The van der Waals surface area contributed by atoms with Crippen molar-refractivity contribution >= 4 is 22.6 Å². The van der Waals surface area contributed by atoms with Gasteiger partial charge < -0.3 is 15.6 Å². The molecule has 0 aliphatic rings. The van der Waals surface area contributed by atoms with Crippen molar-refractivity contribution in [1.29, 1.82) is 0 Å². The van der Waals surface area contributed by atoms with Crippen molar-refractivity contribution in [2.75, 3.05) is 0 Å². The third-order valence-electron chi connectivity index (χ3n) is 1.74. The molecule has 0 bridgehead atoms. The van der Waals surface area contributed by atoms with Gasteiger partial charge in [-0.3, -0.25) is 0 Å². The van der Waals surface area contributed by atoms with Crippen LogP contribution in [0.15, 0.2) is 6.07 Å². The van der Waals surface area contributed by atoms with Crippen LogP contribution in [-0.4, -0.2) is 16.5 Å². The van der Waals surface area contributed by atoms with E-state index < -0.39 is 18.8 Å². The second-order valence-electron chi connectivity index (χ2n) is 2.80. The van der Waals surface area contributed by atoms with E-state index >= 15 is 0 Å². The molecule has 0 atom stereocenters. The molecule has 0 saturated heterocycles. The van der Waals surface area contributed by atoms with E-state index in [0.717, 1.165) is 6.07 Å². The number of alkyl halides is 3. The third-order valence-corrected chi connectivity index (χ3v) is 2.63. The number of rotatable bonds is 3. The minimum atomic E-state index is -4.80. The van der Waals surface area contributed by atoms with Gasteiger partial charge in [0.1, 0.15) is 3.70 Å². The molecule has 0 unspecified atom stereocenters. The molecule has 0 fully saturated rings. The van der Waals surface area contributed by atoms with Crippen molar-refractivity contribution in [3.63, 3.8) is 0 Å². The van der Waals surface area contributed by atoms with E-state index in [9.17, 15) is 13.2 Å². The van der Waals surface area contributed by atoms with Gasteiger partial charge in [0.25, 0.3) is 0 Å². The number of aliphatic hydroxyl groups excluding tert-OH is 1. The first kappa shape index (κ1) is 13.5. The predicted molar refractivity (Wildman–Crippen MR) is 57.5 cm³/mol. The lowest BCUT2D eigenvalue weighted by Crippen LogP contribution is -2.19. The van der Waals surface area contributed by atoms with Gasteiger partial charge in [0.05, 0.1) is 6.61 Å². The normalized spacial score (nSPS) is 11.6. The SMILES string of the molecule is NCc1c(CO)cc(OC(F)(F)F)nc1I. The van der Waals surface area contributed by atoms with Gasteiger partial charge in [0, 0.05) is 18.2 Å². The molecule has 0 amide bonds. The Morgan fingerprint density at radius 1 is 1.50 bits per heavy atom. The summed E-state index contributed by atoms with van der Waals surface area (Å²) in [5.41, 5.74) is 6.18. The van der Waals surface area contributed by atoms with Gasteiger partial charge in [-0.05, 0) is 28.2 Å². The minimum Gasteiger partial charge on any atom is -0.392 e. The van der Waals surface area contributed by atoms with Gasteiger partial charge in [-0.25, -0.2) is 4.98 Å². The molecular weight excluding hydrogens is 340 g/mol. The smallest absolute Gasteiger partial charge is 0.392 e. The minimum absolute atomic E-state index is 0.0907. The van der Waals surface area contributed by atoms with Crippen molar-refractivity contribution in [3.8, 4) is 5.88 Å². The van der Waals surface area contributed by atoms with Gasteiger partial charge in [-0.2, -0.15) is 0 Å². The van der Waals surface area contributed by atoms with Crippen LogP contribution < -0.4 is 10.5 Å². The third kappa shape index (κ3) is 3.46. The Balaban J connectivity index is 3.10. The van der Waals surface area contributed by atoms with Crippen LogP contribution in [0.25, 0.3) is 0 Å². The van der Waals surface area contributed by atoms with Gasteiger partial charge >= 0.3 is 6.36 Å². The summed E-state index contributed by atoms with van der Waals surface area (Å²) in [5.74, 6) is -0.599. The first-order chi connectivity index (χ1) is 7.37. The fraction of sp³-hybridized carbons (Fsp3) is 0.375. The van der Waals surface area contributed by atoms with Crippen LogP contribution in [0.5, 0.6) is 5.88 Å². The quantitative estimate of drug-likeness (QED) is 0.642. The van der Waals surface area contributed by atoms with E-state index in [1.807, 2.05) is 0 Å². The number of hydrogen-bond donors (Lipinski definition) is 2. The monoisotopic (exact) mass is 348 g/mol. The zero-order valence-corrected chi connectivity index (χ0v) is 10.0. The van der Waals surface area contributed by atoms with Crippen molar-refractivity contribution in [1.82, 2.24) is 4.98 Å². The highest BCUT2D eigenvalue weighted by atomic mass is 127. The maximum absolute atomic E-state index is 11.9. The molecule has 0 spiro atoms. The summed E-state index contributed by atoms with van der Waals surface area (Å²) in [5, 5.41) is 8.97. The Labute approximate surface area is 103 Å². The van der Waals surface area contributed by atoms with Gasteiger partial charge in [0.15, 0.2) is 0 Å². The number of pyridine rings is 1. The molecule has 90 valence electrons. The molecule has 1 rings (SSSR count). The Bertz CT molecular complexity index is 384. The highest BCUT2D eigenvalue weighted by molar-refractivity contribution is 14.1. The summed E-state index contributed by atoms with van der Waals surface area (Å²) >= 11 is 1.74. The summed E-state index contributed by atoms with van der Waals surface area (Å²) in [7, 11) is 0. The Hall–Kier alpha value is -0.610. The topological polar surface area (TPSA) is 68.4 Å². The summed E-state index contributed by atoms with van der Waals surface area (Å²) in [4.78, 5) is 3.59. The lowest BCUT2D eigenvalue weighted by atomic mass is 10.1. The maximum Gasteiger partial charge on any atom is 0.574 e. The summed E-state index contributed by atoms with van der Waals surface area (Å²) in [6, 6.07) is 1.03. The van der Waals surface area contributed by atoms with E-state index in [4.69, 9.17) is 10.8 Å². The van der Waals surface area contributed by atoms with Crippen LogP contribution in [-0.2, 0) is 13.2 Å². The Morgan fingerprint density at radius 3 is 2.56 bits per heavy atom. The average Bonchev–Trinajstić information content (AvgIpc) is 2.14. The highest BCUT2D eigenvalue weighted by Gasteiger charge is 2.32. The summed E-state index contributed by atoms with van der Waals surface area (Å²) < 4.78 is 39.8. The number of aliphatic hydroxyl groups is 1. The van der Waals surface area contributed by atoms with Crippen molar-refractivity contribution < 1.29 is 23.0 Å². The predicted octanol–water partition coefficient (Wildman–Crippen LogP) is 1.54. The molecule has 3 N–H and O–H groups in total. The maximum atomic E-state index is 11.9. The number of nitrogens with two attached hydrogens (primary N) is 1.